The Morgan fingerprint density at radius 1 is 1.33 bits per heavy atom. The van der Waals surface area contributed by atoms with Gasteiger partial charge in [0.15, 0.2) is 0 Å². The number of amides is 1. The number of hydrogen-bond acceptors (Lipinski definition) is 4. The molecule has 0 saturated carbocycles. The molecule has 2 aromatic heterocycles. The molecule has 0 aliphatic heterocycles. The lowest BCUT2D eigenvalue weighted by Crippen LogP contribution is -2.12. The van der Waals surface area contributed by atoms with Gasteiger partial charge in [0.2, 0.25) is 0 Å². The van der Waals surface area contributed by atoms with E-state index in [2.05, 4.69) is 15.5 Å². The monoisotopic (exact) mass is 325 g/mol. The Balaban J connectivity index is 1.69. The standard InChI is InChI=1S/C17H19N5O2/c1-12-16(11-21(2)20-12)17(23)19-14-8-18-22(10-14)9-13-5-4-6-15(7-13)24-3/h4-8,10-11H,9H2,1-3H3,(H,19,23). The molecule has 1 aromatic carbocycles. The van der Waals surface area contributed by atoms with Gasteiger partial charge in [-0.05, 0) is 24.6 Å². The molecule has 0 saturated heterocycles. The number of ether oxygens (including phenoxy) is 1. The largest absolute Gasteiger partial charge is 0.497 e. The van der Waals surface area contributed by atoms with Crippen LogP contribution in [-0.4, -0.2) is 32.6 Å². The number of carbonyl (C=O) groups excluding carboxylic acids is 1. The fraction of sp³-hybridized carbons (Fsp3) is 0.235. The predicted octanol–water partition coefficient (Wildman–Crippen LogP) is 2.23. The summed E-state index contributed by atoms with van der Waals surface area (Å²) in [6.07, 6.45) is 5.12. The highest BCUT2D eigenvalue weighted by molar-refractivity contribution is 6.04. The van der Waals surface area contributed by atoms with Gasteiger partial charge in [-0.25, -0.2) is 0 Å². The molecule has 7 nitrogen and oxygen atoms in total. The van der Waals surface area contributed by atoms with Crippen LogP contribution in [-0.2, 0) is 13.6 Å². The number of hydrogen-bond donors (Lipinski definition) is 1. The minimum absolute atomic E-state index is 0.193. The normalized spacial score (nSPS) is 10.6. The summed E-state index contributed by atoms with van der Waals surface area (Å²) in [6.45, 7) is 2.40. The number of benzene rings is 1. The van der Waals surface area contributed by atoms with Crippen molar-refractivity contribution in [1.82, 2.24) is 19.6 Å². The molecule has 24 heavy (non-hydrogen) atoms. The Bertz CT molecular complexity index is 866. The maximum Gasteiger partial charge on any atom is 0.259 e. The van der Waals surface area contributed by atoms with E-state index in [0.29, 0.717) is 23.5 Å². The topological polar surface area (TPSA) is 74.0 Å². The van der Waals surface area contributed by atoms with Gasteiger partial charge in [-0.3, -0.25) is 14.2 Å². The molecule has 0 radical (unpaired) electrons. The molecule has 0 atom stereocenters. The number of nitrogens with zero attached hydrogens (tertiary/aromatic N) is 4. The van der Waals surface area contributed by atoms with Crippen LogP contribution in [0.5, 0.6) is 5.75 Å². The molecule has 0 fully saturated rings. The zero-order valence-corrected chi connectivity index (χ0v) is 13.9. The minimum atomic E-state index is -0.193. The van der Waals surface area contributed by atoms with Gasteiger partial charge >= 0.3 is 0 Å². The number of aromatic nitrogens is 4. The summed E-state index contributed by atoms with van der Waals surface area (Å²) in [5.41, 5.74) is 2.96. The summed E-state index contributed by atoms with van der Waals surface area (Å²) in [4.78, 5) is 12.3. The summed E-state index contributed by atoms with van der Waals surface area (Å²) in [6, 6.07) is 7.79. The van der Waals surface area contributed by atoms with Crippen LogP contribution in [0.3, 0.4) is 0 Å². The lowest BCUT2D eigenvalue weighted by molar-refractivity contribution is 0.102. The molecule has 1 amide bonds. The van der Waals surface area contributed by atoms with Gasteiger partial charge in [-0.15, -0.1) is 0 Å². The second-order valence-electron chi connectivity index (χ2n) is 5.53. The molecule has 0 unspecified atom stereocenters. The van der Waals surface area contributed by atoms with Crippen molar-refractivity contribution in [2.75, 3.05) is 12.4 Å². The second-order valence-corrected chi connectivity index (χ2v) is 5.53. The highest BCUT2D eigenvalue weighted by Gasteiger charge is 2.13. The van der Waals surface area contributed by atoms with E-state index in [-0.39, 0.29) is 5.91 Å². The van der Waals surface area contributed by atoms with Crippen LogP contribution in [0.15, 0.2) is 42.9 Å². The third-order valence-electron chi connectivity index (χ3n) is 3.63. The van der Waals surface area contributed by atoms with Crippen molar-refractivity contribution >= 4 is 11.6 Å². The molecule has 3 rings (SSSR count). The molecule has 0 bridgehead atoms. The first kappa shape index (κ1) is 15.8. The van der Waals surface area contributed by atoms with Crippen molar-refractivity contribution in [2.45, 2.75) is 13.5 Å². The molecular formula is C17H19N5O2. The van der Waals surface area contributed by atoms with Gasteiger partial charge in [0.25, 0.3) is 5.91 Å². The average molecular weight is 325 g/mol. The third-order valence-corrected chi connectivity index (χ3v) is 3.63. The summed E-state index contributed by atoms with van der Waals surface area (Å²) >= 11 is 0. The van der Waals surface area contributed by atoms with Crippen LogP contribution in [0.25, 0.3) is 0 Å². The van der Waals surface area contributed by atoms with Gasteiger partial charge in [0.05, 0.1) is 36.8 Å². The van der Waals surface area contributed by atoms with Crippen molar-refractivity contribution in [1.29, 1.82) is 0 Å². The predicted molar refractivity (Wildman–Crippen MR) is 90.2 cm³/mol. The number of rotatable bonds is 5. The van der Waals surface area contributed by atoms with Gasteiger partial charge in [0.1, 0.15) is 5.75 Å². The first-order chi connectivity index (χ1) is 11.5. The zero-order chi connectivity index (χ0) is 17.1. The number of carbonyl (C=O) groups is 1. The van der Waals surface area contributed by atoms with Crippen LogP contribution in [0.2, 0.25) is 0 Å². The minimum Gasteiger partial charge on any atom is -0.497 e. The van der Waals surface area contributed by atoms with Gasteiger partial charge < -0.3 is 10.1 Å². The fourth-order valence-corrected chi connectivity index (χ4v) is 2.49. The first-order valence-corrected chi connectivity index (χ1v) is 7.52. The van der Waals surface area contributed by atoms with E-state index >= 15 is 0 Å². The van der Waals surface area contributed by atoms with E-state index in [9.17, 15) is 4.79 Å². The van der Waals surface area contributed by atoms with Crippen molar-refractivity contribution in [2.24, 2.45) is 7.05 Å². The van der Waals surface area contributed by atoms with Crippen LogP contribution in [0, 0.1) is 6.92 Å². The molecule has 7 heteroatoms. The Kier molecular flexibility index (Phi) is 4.33. The van der Waals surface area contributed by atoms with Crippen LogP contribution >= 0.6 is 0 Å². The summed E-state index contributed by atoms with van der Waals surface area (Å²) in [7, 11) is 3.43. The van der Waals surface area contributed by atoms with E-state index in [1.54, 1.807) is 49.0 Å². The quantitative estimate of drug-likeness (QED) is 0.781. The lowest BCUT2D eigenvalue weighted by atomic mass is 10.2. The smallest absolute Gasteiger partial charge is 0.259 e. The molecule has 2 heterocycles. The third kappa shape index (κ3) is 3.45. The highest BCUT2D eigenvalue weighted by Crippen LogP contribution is 2.15. The number of anilines is 1. The van der Waals surface area contributed by atoms with Crippen molar-refractivity contribution in [3.05, 3.63) is 59.7 Å². The molecular weight excluding hydrogens is 306 g/mol. The summed E-state index contributed by atoms with van der Waals surface area (Å²) in [5.74, 6) is 0.613. The van der Waals surface area contributed by atoms with E-state index in [4.69, 9.17) is 4.74 Å². The Morgan fingerprint density at radius 3 is 2.88 bits per heavy atom. The van der Waals surface area contributed by atoms with Gasteiger partial charge in [0, 0.05) is 19.4 Å². The van der Waals surface area contributed by atoms with E-state index in [1.807, 2.05) is 24.3 Å². The maximum absolute atomic E-state index is 12.3. The van der Waals surface area contributed by atoms with E-state index in [1.165, 1.54) is 0 Å². The summed E-state index contributed by atoms with van der Waals surface area (Å²) in [5, 5.41) is 11.3. The molecule has 1 N–H and O–H groups in total. The second kappa shape index (κ2) is 6.57. The van der Waals surface area contributed by atoms with Crippen molar-refractivity contribution in [3.8, 4) is 5.75 Å². The fourth-order valence-electron chi connectivity index (χ4n) is 2.49. The summed E-state index contributed by atoms with van der Waals surface area (Å²) < 4.78 is 8.60. The SMILES string of the molecule is COc1cccc(Cn2cc(NC(=O)c3cn(C)nc3C)cn2)c1. The lowest BCUT2D eigenvalue weighted by Gasteiger charge is -2.04. The average Bonchev–Trinajstić information content (AvgIpc) is 3.13. The molecule has 3 aromatic rings. The molecule has 0 aliphatic carbocycles. The highest BCUT2D eigenvalue weighted by atomic mass is 16.5. The van der Waals surface area contributed by atoms with Crippen molar-refractivity contribution < 1.29 is 9.53 Å². The Hall–Kier alpha value is -3.09. The molecule has 0 aliphatic rings. The number of methoxy groups -OCH3 is 1. The van der Waals surface area contributed by atoms with Crippen molar-refractivity contribution in [3.63, 3.8) is 0 Å². The van der Waals surface area contributed by atoms with Gasteiger partial charge in [-0.2, -0.15) is 10.2 Å². The number of aryl methyl sites for hydroxylation is 2. The number of nitrogens with one attached hydrogen (secondary N) is 1. The van der Waals surface area contributed by atoms with E-state index in [0.717, 1.165) is 11.3 Å². The zero-order valence-electron chi connectivity index (χ0n) is 13.9. The Morgan fingerprint density at radius 2 is 2.17 bits per heavy atom. The molecule has 0 spiro atoms. The van der Waals surface area contributed by atoms with Crippen LogP contribution in [0.4, 0.5) is 5.69 Å². The van der Waals surface area contributed by atoms with E-state index < -0.39 is 0 Å². The van der Waals surface area contributed by atoms with Crippen LogP contribution < -0.4 is 10.1 Å². The van der Waals surface area contributed by atoms with Gasteiger partial charge in [-0.1, -0.05) is 12.1 Å². The first-order valence-electron chi connectivity index (χ1n) is 7.52. The van der Waals surface area contributed by atoms with Crippen LogP contribution in [0.1, 0.15) is 21.6 Å². The Labute approximate surface area is 139 Å². The maximum atomic E-state index is 12.3. The molecule has 124 valence electrons.